The normalized spacial score (nSPS) is 14.7. The van der Waals surface area contributed by atoms with Crippen molar-refractivity contribution in [2.24, 2.45) is 0 Å². The van der Waals surface area contributed by atoms with Gasteiger partial charge in [0.2, 0.25) is 11.8 Å². The molecule has 2 aromatic heterocycles. The Balaban J connectivity index is 1.35. The molecule has 1 fully saturated rings. The molecule has 0 unspecified atom stereocenters. The number of carbonyl (C=O) groups is 2. The first-order valence-corrected chi connectivity index (χ1v) is 11.7. The Bertz CT molecular complexity index is 1290. The molecular weight excluding hydrogens is 422 g/mol. The molecule has 1 saturated heterocycles. The molecule has 0 bridgehead atoms. The standard InChI is InChI=1S/C24H25N5O2S/c1-15(30)26-21(12-16-14-25-19-7-3-2-6-18(16)19)23(31)27-17-8-9-20-22(13-17)32-24(28-20)29-10-4-5-11-29/h2-3,6-9,13-14,21,25H,4-5,10-12H2,1H3,(H,26,30)(H,27,31)/t21-/m1/s1. The lowest BCUT2D eigenvalue weighted by Gasteiger charge is -2.17. The fraction of sp³-hybridized carbons (Fsp3) is 0.292. The number of anilines is 2. The highest BCUT2D eigenvalue weighted by molar-refractivity contribution is 7.22. The Hall–Kier alpha value is -3.39. The highest BCUT2D eigenvalue weighted by atomic mass is 32.1. The smallest absolute Gasteiger partial charge is 0.247 e. The maximum atomic E-state index is 13.1. The van der Waals surface area contributed by atoms with E-state index in [2.05, 4.69) is 20.5 Å². The second kappa shape index (κ2) is 8.63. The summed E-state index contributed by atoms with van der Waals surface area (Å²) in [5.41, 5.74) is 3.64. The van der Waals surface area contributed by atoms with E-state index < -0.39 is 6.04 Å². The summed E-state index contributed by atoms with van der Waals surface area (Å²) in [4.78, 5) is 35.2. The molecular formula is C24H25N5O2S. The number of para-hydroxylation sites is 1. The minimum atomic E-state index is -0.677. The van der Waals surface area contributed by atoms with Gasteiger partial charge in [-0.2, -0.15) is 0 Å². The number of amides is 2. The SMILES string of the molecule is CC(=O)N[C@H](Cc1c[nH]c2ccccc12)C(=O)Nc1ccc2nc(N3CCCC3)sc2c1. The molecule has 0 aliphatic carbocycles. The predicted octanol–water partition coefficient (Wildman–Crippen LogP) is 4.06. The number of nitrogens with one attached hydrogen (secondary N) is 3. The number of hydrogen-bond donors (Lipinski definition) is 3. The van der Waals surface area contributed by atoms with Gasteiger partial charge in [-0.25, -0.2) is 4.98 Å². The van der Waals surface area contributed by atoms with Crippen molar-refractivity contribution in [2.75, 3.05) is 23.3 Å². The van der Waals surface area contributed by atoms with Gasteiger partial charge in [0.05, 0.1) is 10.2 Å². The van der Waals surface area contributed by atoms with Crippen LogP contribution in [0, 0.1) is 0 Å². The van der Waals surface area contributed by atoms with Gasteiger partial charge in [-0.1, -0.05) is 29.5 Å². The summed E-state index contributed by atoms with van der Waals surface area (Å²) in [6.07, 6.45) is 4.71. The van der Waals surface area contributed by atoms with Crippen LogP contribution < -0.4 is 15.5 Å². The highest BCUT2D eigenvalue weighted by Gasteiger charge is 2.22. The Morgan fingerprint density at radius 1 is 1.19 bits per heavy atom. The van der Waals surface area contributed by atoms with Crippen LogP contribution in [-0.2, 0) is 16.0 Å². The van der Waals surface area contributed by atoms with Crippen LogP contribution in [0.1, 0.15) is 25.3 Å². The first kappa shape index (κ1) is 20.5. The summed E-state index contributed by atoms with van der Waals surface area (Å²) in [7, 11) is 0. The van der Waals surface area contributed by atoms with Crippen LogP contribution in [0.3, 0.4) is 0 Å². The predicted molar refractivity (Wildman–Crippen MR) is 129 cm³/mol. The van der Waals surface area contributed by atoms with Crippen molar-refractivity contribution in [2.45, 2.75) is 32.2 Å². The van der Waals surface area contributed by atoms with Crippen molar-refractivity contribution in [1.82, 2.24) is 15.3 Å². The van der Waals surface area contributed by atoms with Gasteiger partial charge in [0.25, 0.3) is 0 Å². The van der Waals surface area contributed by atoms with E-state index in [-0.39, 0.29) is 11.8 Å². The number of aromatic amines is 1. The highest BCUT2D eigenvalue weighted by Crippen LogP contribution is 2.32. The molecule has 1 aliphatic heterocycles. The third-order valence-corrected chi connectivity index (χ3v) is 6.89. The molecule has 1 aliphatic rings. The van der Waals surface area contributed by atoms with Gasteiger partial charge in [-0.3, -0.25) is 9.59 Å². The van der Waals surface area contributed by atoms with Crippen molar-refractivity contribution >= 4 is 55.1 Å². The number of carbonyl (C=O) groups excluding carboxylic acids is 2. The molecule has 32 heavy (non-hydrogen) atoms. The molecule has 3 heterocycles. The van der Waals surface area contributed by atoms with E-state index >= 15 is 0 Å². The van der Waals surface area contributed by atoms with Gasteiger partial charge < -0.3 is 20.5 Å². The number of hydrogen-bond acceptors (Lipinski definition) is 5. The van der Waals surface area contributed by atoms with Gasteiger partial charge in [0.1, 0.15) is 6.04 Å². The monoisotopic (exact) mass is 447 g/mol. The van der Waals surface area contributed by atoms with Gasteiger partial charge in [0, 0.05) is 49.2 Å². The molecule has 0 radical (unpaired) electrons. The lowest BCUT2D eigenvalue weighted by Crippen LogP contribution is -2.44. The first-order valence-electron chi connectivity index (χ1n) is 10.9. The van der Waals surface area contributed by atoms with Gasteiger partial charge in [-0.15, -0.1) is 0 Å². The van der Waals surface area contributed by atoms with Crippen LogP contribution in [-0.4, -0.2) is 40.9 Å². The van der Waals surface area contributed by atoms with Crippen molar-refractivity contribution in [3.05, 3.63) is 54.2 Å². The number of rotatable bonds is 6. The van der Waals surface area contributed by atoms with Crippen molar-refractivity contribution in [1.29, 1.82) is 0 Å². The third-order valence-electron chi connectivity index (χ3n) is 5.81. The number of aromatic nitrogens is 2. The minimum Gasteiger partial charge on any atom is -0.361 e. The van der Waals surface area contributed by atoms with Crippen LogP contribution in [0.2, 0.25) is 0 Å². The van der Waals surface area contributed by atoms with Crippen molar-refractivity contribution in [3.63, 3.8) is 0 Å². The lowest BCUT2D eigenvalue weighted by atomic mass is 10.0. The fourth-order valence-electron chi connectivity index (χ4n) is 4.24. The van der Waals surface area contributed by atoms with Gasteiger partial charge in [0.15, 0.2) is 5.13 Å². The largest absolute Gasteiger partial charge is 0.361 e. The van der Waals surface area contributed by atoms with Crippen LogP contribution >= 0.6 is 11.3 Å². The van der Waals surface area contributed by atoms with Crippen LogP contribution in [0.15, 0.2) is 48.7 Å². The van der Waals surface area contributed by atoms with E-state index in [1.165, 1.54) is 19.8 Å². The summed E-state index contributed by atoms with van der Waals surface area (Å²) in [5.74, 6) is -0.479. The lowest BCUT2D eigenvalue weighted by molar-refractivity contribution is -0.125. The zero-order valence-corrected chi connectivity index (χ0v) is 18.7. The second-order valence-electron chi connectivity index (χ2n) is 8.18. The fourth-order valence-corrected chi connectivity index (χ4v) is 5.29. The first-order chi connectivity index (χ1) is 15.6. The maximum absolute atomic E-state index is 13.1. The topological polar surface area (TPSA) is 90.1 Å². The van der Waals surface area contributed by atoms with Crippen molar-refractivity contribution in [3.8, 4) is 0 Å². The van der Waals surface area contributed by atoms with Crippen LogP contribution in [0.5, 0.6) is 0 Å². The summed E-state index contributed by atoms with van der Waals surface area (Å²) < 4.78 is 1.04. The Kier molecular flexibility index (Phi) is 5.53. The van der Waals surface area contributed by atoms with E-state index in [9.17, 15) is 9.59 Å². The number of H-pyrrole nitrogens is 1. The average Bonchev–Trinajstić information content (AvgIpc) is 3.52. The Morgan fingerprint density at radius 2 is 2.00 bits per heavy atom. The molecule has 0 spiro atoms. The summed E-state index contributed by atoms with van der Waals surface area (Å²) in [6, 6.07) is 13.0. The van der Waals surface area contributed by atoms with Crippen molar-refractivity contribution < 1.29 is 9.59 Å². The van der Waals surface area contributed by atoms with Crippen LogP contribution in [0.4, 0.5) is 10.8 Å². The van der Waals surface area contributed by atoms with Gasteiger partial charge in [-0.05, 0) is 42.7 Å². The summed E-state index contributed by atoms with van der Waals surface area (Å²) in [5, 5.41) is 7.87. The van der Waals surface area contributed by atoms with Crippen LogP contribution in [0.25, 0.3) is 21.1 Å². The zero-order valence-electron chi connectivity index (χ0n) is 17.9. The molecule has 8 heteroatoms. The number of fused-ring (bicyclic) bond motifs is 2. The maximum Gasteiger partial charge on any atom is 0.247 e. The quantitative estimate of drug-likeness (QED) is 0.416. The summed E-state index contributed by atoms with van der Waals surface area (Å²) in [6.45, 7) is 3.53. The third kappa shape index (κ3) is 4.18. The van der Waals surface area contributed by atoms with E-state index in [1.807, 2.05) is 48.7 Å². The number of nitrogens with zero attached hydrogens (tertiary/aromatic N) is 2. The molecule has 7 nitrogen and oxygen atoms in total. The molecule has 1 atom stereocenters. The molecule has 4 aromatic rings. The van der Waals surface area contributed by atoms with E-state index in [4.69, 9.17) is 4.98 Å². The number of thiazole rings is 1. The Morgan fingerprint density at radius 3 is 2.81 bits per heavy atom. The molecule has 0 saturated carbocycles. The van der Waals surface area contributed by atoms with E-state index in [0.29, 0.717) is 12.1 Å². The molecule has 2 amide bonds. The summed E-state index contributed by atoms with van der Waals surface area (Å²) >= 11 is 1.65. The molecule has 2 aromatic carbocycles. The minimum absolute atomic E-state index is 0.238. The zero-order chi connectivity index (χ0) is 22.1. The second-order valence-corrected chi connectivity index (χ2v) is 9.19. The van der Waals surface area contributed by atoms with Gasteiger partial charge >= 0.3 is 0 Å². The Labute approximate surface area is 189 Å². The van der Waals surface area contributed by atoms with E-state index in [0.717, 1.165) is 44.9 Å². The average molecular weight is 448 g/mol. The molecule has 5 rings (SSSR count). The number of benzene rings is 2. The van der Waals surface area contributed by atoms with E-state index in [1.54, 1.807) is 11.3 Å². The molecule has 164 valence electrons. The molecule has 3 N–H and O–H groups in total.